The lowest BCUT2D eigenvalue weighted by Crippen LogP contribution is -2.17. The number of aryl methyl sites for hydroxylation is 2. The van der Waals surface area contributed by atoms with Crippen molar-refractivity contribution in [1.29, 1.82) is 0 Å². The van der Waals surface area contributed by atoms with Crippen LogP contribution in [0.15, 0.2) is 36.4 Å². The summed E-state index contributed by atoms with van der Waals surface area (Å²) in [6.45, 7) is 3.64. The predicted octanol–water partition coefficient (Wildman–Crippen LogP) is 4.38. The molecule has 126 valence electrons. The summed E-state index contributed by atoms with van der Waals surface area (Å²) < 4.78 is 40.2. The molecule has 23 heavy (non-hydrogen) atoms. The van der Waals surface area contributed by atoms with Crippen LogP contribution in [0.25, 0.3) is 0 Å². The lowest BCUT2D eigenvalue weighted by molar-refractivity contribution is -0.274. The molecule has 0 aliphatic heterocycles. The zero-order valence-electron chi connectivity index (χ0n) is 12.5. The van der Waals surface area contributed by atoms with E-state index in [0.29, 0.717) is 5.56 Å². The van der Waals surface area contributed by atoms with Gasteiger partial charge in [0.1, 0.15) is 11.5 Å². The molecule has 3 nitrogen and oxygen atoms in total. The maximum atomic E-state index is 12.1. The van der Waals surface area contributed by atoms with Gasteiger partial charge in [-0.25, -0.2) is 0 Å². The van der Waals surface area contributed by atoms with Gasteiger partial charge in [-0.3, -0.25) is 0 Å². The fraction of sp³-hybridized carbons (Fsp3) is 0.250. The van der Waals surface area contributed by atoms with Crippen molar-refractivity contribution in [2.24, 2.45) is 5.73 Å². The molecule has 3 N–H and O–H groups in total. The van der Waals surface area contributed by atoms with Gasteiger partial charge in [0.05, 0.1) is 6.04 Å². The lowest BCUT2D eigenvalue weighted by Gasteiger charge is -2.19. The van der Waals surface area contributed by atoms with E-state index >= 15 is 0 Å². The van der Waals surface area contributed by atoms with Crippen LogP contribution in [-0.4, -0.2) is 11.5 Å². The summed E-state index contributed by atoms with van der Waals surface area (Å²) in [5, 5.41) is 9.55. The number of hydrogen-bond acceptors (Lipinski definition) is 3. The molecule has 0 aliphatic carbocycles. The number of benzene rings is 2. The average Bonchev–Trinajstić information content (AvgIpc) is 2.36. The first-order valence-corrected chi connectivity index (χ1v) is 6.59. The lowest BCUT2D eigenvalue weighted by atomic mass is 9.91. The Hall–Kier alpha value is -1.92. The highest BCUT2D eigenvalue weighted by molar-refractivity contribution is 5.85. The van der Waals surface area contributed by atoms with Crippen molar-refractivity contribution in [3.63, 3.8) is 0 Å². The summed E-state index contributed by atoms with van der Waals surface area (Å²) >= 11 is 0. The van der Waals surface area contributed by atoms with Crippen LogP contribution in [0.5, 0.6) is 11.5 Å². The molecule has 0 aromatic heterocycles. The number of ether oxygens (including phenoxy) is 1. The van der Waals surface area contributed by atoms with E-state index in [4.69, 9.17) is 5.73 Å². The summed E-state index contributed by atoms with van der Waals surface area (Å²) in [5.74, 6) is -0.137. The van der Waals surface area contributed by atoms with Crippen LogP contribution < -0.4 is 10.5 Å². The molecule has 0 fully saturated rings. The van der Waals surface area contributed by atoms with Crippen molar-refractivity contribution in [1.82, 2.24) is 0 Å². The van der Waals surface area contributed by atoms with E-state index in [2.05, 4.69) is 4.74 Å². The van der Waals surface area contributed by atoms with Crippen molar-refractivity contribution >= 4 is 12.4 Å². The molecule has 0 bridgehead atoms. The Balaban J connectivity index is 0.00000264. The van der Waals surface area contributed by atoms with Gasteiger partial charge in [0.2, 0.25) is 0 Å². The van der Waals surface area contributed by atoms with E-state index < -0.39 is 12.4 Å². The second-order valence-electron chi connectivity index (χ2n) is 5.09. The van der Waals surface area contributed by atoms with Gasteiger partial charge in [0, 0.05) is 0 Å². The molecule has 1 atom stereocenters. The van der Waals surface area contributed by atoms with E-state index in [1.54, 1.807) is 12.1 Å². The van der Waals surface area contributed by atoms with Gasteiger partial charge in [-0.15, -0.1) is 25.6 Å². The number of phenols is 1. The van der Waals surface area contributed by atoms with Crippen LogP contribution in [0.4, 0.5) is 13.2 Å². The first-order valence-electron chi connectivity index (χ1n) is 6.59. The van der Waals surface area contributed by atoms with Crippen molar-refractivity contribution in [3.8, 4) is 11.5 Å². The van der Waals surface area contributed by atoms with Crippen LogP contribution in [0.3, 0.4) is 0 Å². The molecule has 7 heteroatoms. The van der Waals surface area contributed by atoms with Gasteiger partial charge in [0.25, 0.3) is 0 Å². The minimum atomic E-state index is -4.71. The molecule has 0 unspecified atom stereocenters. The Kier molecular flexibility index (Phi) is 5.91. The SMILES string of the molecule is Cc1cc(O)cc(C)c1[C@H](N)c1ccc(OC(F)(F)F)cc1.Cl. The summed E-state index contributed by atoms with van der Waals surface area (Å²) in [6, 6.07) is 8.16. The third kappa shape index (κ3) is 4.77. The fourth-order valence-corrected chi connectivity index (χ4v) is 2.49. The van der Waals surface area contributed by atoms with Gasteiger partial charge >= 0.3 is 6.36 Å². The van der Waals surface area contributed by atoms with Crippen molar-refractivity contribution < 1.29 is 23.0 Å². The van der Waals surface area contributed by atoms with E-state index in [1.807, 2.05) is 13.8 Å². The third-order valence-corrected chi connectivity index (χ3v) is 3.36. The van der Waals surface area contributed by atoms with Crippen LogP contribution >= 0.6 is 12.4 Å². The standard InChI is InChI=1S/C16H16F3NO2.ClH/c1-9-7-12(21)8-10(2)14(9)15(20)11-3-5-13(6-4-11)22-16(17,18)19;/h3-8,15,21H,20H2,1-2H3;1H/t15-;/m1./s1. The number of aromatic hydroxyl groups is 1. The smallest absolute Gasteiger partial charge is 0.508 e. The zero-order chi connectivity index (χ0) is 16.5. The number of rotatable bonds is 3. The maximum Gasteiger partial charge on any atom is 0.573 e. The monoisotopic (exact) mass is 347 g/mol. The number of phenolic OH excluding ortho intramolecular Hbond substituents is 1. The highest BCUT2D eigenvalue weighted by Crippen LogP contribution is 2.30. The number of nitrogens with two attached hydrogens (primary N) is 1. The topological polar surface area (TPSA) is 55.5 Å². The summed E-state index contributed by atoms with van der Waals surface area (Å²) in [4.78, 5) is 0. The largest absolute Gasteiger partial charge is 0.573 e. The van der Waals surface area contributed by atoms with E-state index in [9.17, 15) is 18.3 Å². The highest BCUT2D eigenvalue weighted by Gasteiger charge is 2.31. The van der Waals surface area contributed by atoms with E-state index in [0.717, 1.165) is 16.7 Å². The molecule has 0 aliphatic rings. The fourth-order valence-electron chi connectivity index (χ4n) is 2.49. The van der Waals surface area contributed by atoms with Crippen molar-refractivity contribution in [2.45, 2.75) is 26.3 Å². The molecule has 0 spiro atoms. The average molecular weight is 348 g/mol. The first kappa shape index (κ1) is 19.1. The number of halogens is 4. The highest BCUT2D eigenvalue weighted by atomic mass is 35.5. The second kappa shape index (κ2) is 7.10. The van der Waals surface area contributed by atoms with E-state index in [1.165, 1.54) is 24.3 Å². The number of hydrogen-bond donors (Lipinski definition) is 2. The summed E-state index contributed by atoms with van der Waals surface area (Å²) in [6.07, 6.45) is -4.71. The van der Waals surface area contributed by atoms with Crippen LogP contribution in [0.1, 0.15) is 28.3 Å². The Morgan fingerprint density at radius 3 is 1.96 bits per heavy atom. The molecule has 2 aromatic rings. The molecule has 2 rings (SSSR count). The molecule has 0 amide bonds. The van der Waals surface area contributed by atoms with Gasteiger partial charge in [-0.05, 0) is 60.4 Å². The molecule has 0 radical (unpaired) electrons. The Morgan fingerprint density at radius 2 is 1.52 bits per heavy atom. The zero-order valence-corrected chi connectivity index (χ0v) is 13.3. The Morgan fingerprint density at radius 1 is 1.04 bits per heavy atom. The molecule has 0 heterocycles. The molecular formula is C16H17ClF3NO2. The van der Waals surface area contributed by atoms with Crippen LogP contribution in [-0.2, 0) is 0 Å². The van der Waals surface area contributed by atoms with Crippen molar-refractivity contribution in [3.05, 3.63) is 58.7 Å². The molecular weight excluding hydrogens is 331 g/mol. The molecule has 0 saturated carbocycles. The van der Waals surface area contributed by atoms with Gasteiger partial charge in [-0.1, -0.05) is 12.1 Å². The second-order valence-corrected chi connectivity index (χ2v) is 5.09. The summed E-state index contributed by atoms with van der Waals surface area (Å²) in [7, 11) is 0. The minimum Gasteiger partial charge on any atom is -0.508 e. The molecule has 2 aromatic carbocycles. The van der Waals surface area contributed by atoms with Gasteiger partial charge < -0.3 is 15.6 Å². The Bertz CT molecular complexity index is 649. The van der Waals surface area contributed by atoms with Crippen LogP contribution in [0.2, 0.25) is 0 Å². The Labute approximate surface area is 138 Å². The third-order valence-electron chi connectivity index (χ3n) is 3.36. The number of alkyl halides is 3. The van der Waals surface area contributed by atoms with Crippen LogP contribution in [0, 0.1) is 13.8 Å². The first-order chi connectivity index (χ1) is 10.2. The summed E-state index contributed by atoms with van der Waals surface area (Å²) in [5.41, 5.74) is 9.33. The van der Waals surface area contributed by atoms with Gasteiger partial charge in [-0.2, -0.15) is 0 Å². The maximum absolute atomic E-state index is 12.1. The van der Waals surface area contributed by atoms with Gasteiger partial charge in [0.15, 0.2) is 0 Å². The predicted molar refractivity (Wildman–Crippen MR) is 84.0 cm³/mol. The quantitative estimate of drug-likeness (QED) is 0.866. The van der Waals surface area contributed by atoms with Crippen molar-refractivity contribution in [2.75, 3.05) is 0 Å². The molecule has 0 saturated heterocycles. The minimum absolute atomic E-state index is 0. The van der Waals surface area contributed by atoms with E-state index in [-0.39, 0.29) is 23.9 Å². The normalized spacial score (nSPS) is 12.4.